The highest BCUT2D eigenvalue weighted by molar-refractivity contribution is 6.30. The van der Waals surface area contributed by atoms with Crippen molar-refractivity contribution in [3.05, 3.63) is 63.5 Å². The van der Waals surface area contributed by atoms with Crippen molar-refractivity contribution >= 4 is 29.1 Å². The second-order valence-corrected chi connectivity index (χ2v) is 6.14. The molecular formula is C17H16ClN3O3. The van der Waals surface area contributed by atoms with Crippen molar-refractivity contribution in [2.75, 3.05) is 18.0 Å². The molecule has 0 unspecified atom stereocenters. The number of halogens is 1. The zero-order chi connectivity index (χ0) is 17.3. The third-order valence-corrected chi connectivity index (χ3v) is 4.23. The van der Waals surface area contributed by atoms with Crippen LogP contribution >= 0.6 is 11.6 Å². The van der Waals surface area contributed by atoms with Gasteiger partial charge in [0.05, 0.1) is 5.56 Å². The minimum Gasteiger partial charge on any atom is -0.328 e. The van der Waals surface area contributed by atoms with Gasteiger partial charge in [-0.3, -0.25) is 14.4 Å². The summed E-state index contributed by atoms with van der Waals surface area (Å²) in [5.74, 6) is -0.453. The summed E-state index contributed by atoms with van der Waals surface area (Å²) in [6, 6.07) is 9.66. The molecule has 1 aromatic heterocycles. The van der Waals surface area contributed by atoms with E-state index in [-0.39, 0.29) is 30.0 Å². The molecule has 1 aromatic carbocycles. The molecule has 124 valence electrons. The first-order chi connectivity index (χ1) is 11.5. The van der Waals surface area contributed by atoms with Crippen LogP contribution in [0.1, 0.15) is 17.3 Å². The van der Waals surface area contributed by atoms with Gasteiger partial charge >= 0.3 is 0 Å². The fraction of sp³-hybridized carbons (Fsp3) is 0.235. The lowest BCUT2D eigenvalue weighted by Gasteiger charge is -2.39. The van der Waals surface area contributed by atoms with Gasteiger partial charge in [-0.2, -0.15) is 0 Å². The lowest BCUT2D eigenvalue weighted by atomic mass is 10.1. The van der Waals surface area contributed by atoms with Gasteiger partial charge in [0.1, 0.15) is 6.54 Å². The highest BCUT2D eigenvalue weighted by Gasteiger charge is 2.33. The van der Waals surface area contributed by atoms with E-state index in [0.29, 0.717) is 17.1 Å². The monoisotopic (exact) mass is 345 g/mol. The van der Waals surface area contributed by atoms with Gasteiger partial charge in [0, 0.05) is 35.6 Å². The van der Waals surface area contributed by atoms with Crippen LogP contribution in [0.4, 0.5) is 5.69 Å². The van der Waals surface area contributed by atoms with Crippen molar-refractivity contribution in [3.63, 3.8) is 0 Å². The molecule has 1 N–H and O–H groups in total. The van der Waals surface area contributed by atoms with E-state index in [1.807, 2.05) is 13.0 Å². The normalized spacial score (nSPS) is 17.9. The van der Waals surface area contributed by atoms with Crippen LogP contribution in [-0.2, 0) is 4.79 Å². The number of hydrogen-bond acceptors (Lipinski definition) is 3. The van der Waals surface area contributed by atoms with Crippen LogP contribution in [0.15, 0.2) is 47.4 Å². The van der Waals surface area contributed by atoms with E-state index in [2.05, 4.69) is 4.98 Å². The molecule has 1 saturated heterocycles. The Kier molecular flexibility index (Phi) is 4.40. The smallest absolute Gasteiger partial charge is 0.256 e. The van der Waals surface area contributed by atoms with Gasteiger partial charge < -0.3 is 14.8 Å². The number of carbonyl (C=O) groups excluding carboxylic acids is 2. The summed E-state index contributed by atoms with van der Waals surface area (Å²) >= 11 is 5.99. The molecule has 0 saturated carbocycles. The zero-order valence-corrected chi connectivity index (χ0v) is 13.8. The first-order valence-electron chi connectivity index (χ1n) is 7.51. The van der Waals surface area contributed by atoms with E-state index in [9.17, 15) is 14.4 Å². The van der Waals surface area contributed by atoms with Crippen LogP contribution in [0, 0.1) is 0 Å². The van der Waals surface area contributed by atoms with Gasteiger partial charge in [-0.15, -0.1) is 0 Å². The van der Waals surface area contributed by atoms with Gasteiger partial charge in [0.15, 0.2) is 0 Å². The summed E-state index contributed by atoms with van der Waals surface area (Å²) in [5, 5.41) is 0.555. The molecule has 2 aromatic rings. The number of carbonyl (C=O) groups is 2. The van der Waals surface area contributed by atoms with E-state index in [1.165, 1.54) is 23.2 Å². The summed E-state index contributed by atoms with van der Waals surface area (Å²) in [4.78, 5) is 41.8. The van der Waals surface area contributed by atoms with Crippen LogP contribution in [0.3, 0.4) is 0 Å². The summed E-state index contributed by atoms with van der Waals surface area (Å²) in [6.45, 7) is 2.24. The third kappa shape index (κ3) is 3.19. The highest BCUT2D eigenvalue weighted by atomic mass is 35.5. The summed E-state index contributed by atoms with van der Waals surface area (Å²) in [7, 11) is 0. The van der Waals surface area contributed by atoms with Gasteiger partial charge in [0.2, 0.25) is 11.5 Å². The highest BCUT2D eigenvalue weighted by Crippen LogP contribution is 2.24. The number of anilines is 1. The number of rotatable bonds is 2. The van der Waals surface area contributed by atoms with Crippen LogP contribution in [0.25, 0.3) is 0 Å². The van der Waals surface area contributed by atoms with Crippen LogP contribution in [-0.4, -0.2) is 40.8 Å². The van der Waals surface area contributed by atoms with E-state index < -0.39 is 0 Å². The van der Waals surface area contributed by atoms with Crippen molar-refractivity contribution < 1.29 is 9.59 Å². The summed E-state index contributed by atoms with van der Waals surface area (Å²) in [5.41, 5.74) is 0.794. The van der Waals surface area contributed by atoms with Gasteiger partial charge in [0.25, 0.3) is 5.91 Å². The predicted molar refractivity (Wildman–Crippen MR) is 91.4 cm³/mol. The molecule has 1 aliphatic heterocycles. The minimum atomic E-state index is -0.280. The predicted octanol–water partition coefficient (Wildman–Crippen LogP) is 1.91. The average Bonchev–Trinajstić information content (AvgIpc) is 2.56. The topological polar surface area (TPSA) is 73.5 Å². The molecule has 3 rings (SSSR count). The molecule has 6 nitrogen and oxygen atoms in total. The fourth-order valence-electron chi connectivity index (χ4n) is 2.73. The summed E-state index contributed by atoms with van der Waals surface area (Å²) < 4.78 is 0. The molecule has 24 heavy (non-hydrogen) atoms. The Morgan fingerprint density at radius 2 is 2.04 bits per heavy atom. The molecule has 2 heterocycles. The Morgan fingerprint density at radius 3 is 2.71 bits per heavy atom. The molecule has 1 fully saturated rings. The van der Waals surface area contributed by atoms with Crippen molar-refractivity contribution in [1.29, 1.82) is 0 Å². The first kappa shape index (κ1) is 16.3. The number of amides is 2. The third-order valence-electron chi connectivity index (χ3n) is 4.00. The van der Waals surface area contributed by atoms with Crippen molar-refractivity contribution in [3.8, 4) is 0 Å². The Bertz CT molecular complexity index is 828. The van der Waals surface area contributed by atoms with E-state index in [4.69, 9.17) is 11.6 Å². The van der Waals surface area contributed by atoms with Gasteiger partial charge in [-0.1, -0.05) is 17.7 Å². The number of H-pyrrole nitrogens is 1. The largest absolute Gasteiger partial charge is 0.328 e. The first-order valence-corrected chi connectivity index (χ1v) is 7.89. The zero-order valence-electron chi connectivity index (χ0n) is 13.0. The second-order valence-electron chi connectivity index (χ2n) is 5.71. The number of nitrogens with zero attached hydrogens (tertiary/aromatic N) is 2. The number of benzene rings is 1. The lowest BCUT2D eigenvalue weighted by molar-refractivity contribution is -0.121. The number of nitrogens with one attached hydrogen (secondary N) is 1. The molecule has 1 aliphatic rings. The molecule has 0 radical (unpaired) electrons. The minimum absolute atomic E-state index is 0.0222. The van der Waals surface area contributed by atoms with E-state index >= 15 is 0 Å². The van der Waals surface area contributed by atoms with Crippen molar-refractivity contribution in [2.24, 2.45) is 0 Å². The lowest BCUT2D eigenvalue weighted by Crippen LogP contribution is -2.57. The molecule has 0 spiro atoms. The van der Waals surface area contributed by atoms with Gasteiger partial charge in [-0.05, 0) is 31.2 Å². The molecule has 2 amide bonds. The van der Waals surface area contributed by atoms with E-state index in [1.54, 1.807) is 23.1 Å². The maximum atomic E-state index is 12.6. The Balaban J connectivity index is 1.80. The van der Waals surface area contributed by atoms with Crippen LogP contribution < -0.4 is 10.5 Å². The maximum absolute atomic E-state index is 12.6. The molecule has 0 bridgehead atoms. The van der Waals surface area contributed by atoms with Crippen LogP contribution in [0.5, 0.6) is 0 Å². The maximum Gasteiger partial charge on any atom is 0.256 e. The van der Waals surface area contributed by atoms with E-state index in [0.717, 1.165) is 5.69 Å². The molecular weight excluding hydrogens is 330 g/mol. The quantitative estimate of drug-likeness (QED) is 0.903. The SMILES string of the molecule is C[C@H]1CN(c2cccc(Cl)c2)C(=O)CN1C(=O)c1ccc(=O)[nH]c1. The van der Waals surface area contributed by atoms with Gasteiger partial charge in [-0.25, -0.2) is 0 Å². The Morgan fingerprint density at radius 1 is 1.25 bits per heavy atom. The number of pyridine rings is 1. The summed E-state index contributed by atoms with van der Waals surface area (Å²) in [6.07, 6.45) is 1.37. The number of hydrogen-bond donors (Lipinski definition) is 1. The van der Waals surface area contributed by atoms with Crippen LogP contribution in [0.2, 0.25) is 5.02 Å². The molecule has 1 atom stereocenters. The number of aromatic nitrogens is 1. The molecule has 7 heteroatoms. The van der Waals surface area contributed by atoms with Crippen molar-refractivity contribution in [1.82, 2.24) is 9.88 Å². The average molecular weight is 346 g/mol. The standard InChI is InChI=1S/C17H16ClN3O3/c1-11-9-21(14-4-2-3-13(18)7-14)16(23)10-20(11)17(24)12-5-6-15(22)19-8-12/h2-8,11H,9-10H2,1H3,(H,19,22)/t11-/m0/s1. The number of aromatic amines is 1. The van der Waals surface area contributed by atoms with Crippen molar-refractivity contribution in [2.45, 2.75) is 13.0 Å². The number of piperazine rings is 1. The fourth-order valence-corrected chi connectivity index (χ4v) is 2.91. The molecule has 0 aliphatic carbocycles. The Labute approximate surface area is 143 Å². The Hall–Kier alpha value is -2.60. The second kappa shape index (κ2) is 6.49.